The predicted octanol–water partition coefficient (Wildman–Crippen LogP) is 7.21. The number of carbonyl (C=O) groups excluding carboxylic acids is 1. The summed E-state index contributed by atoms with van der Waals surface area (Å²) in [7, 11) is 0. The number of halogens is 2. The van der Waals surface area contributed by atoms with E-state index in [2.05, 4.69) is 50.5 Å². The minimum Gasteiger partial charge on any atom is -0.488 e. The molecule has 7 heteroatoms. The van der Waals surface area contributed by atoms with E-state index in [1.54, 1.807) is 18.2 Å². The fourth-order valence-corrected chi connectivity index (χ4v) is 4.80. The van der Waals surface area contributed by atoms with Gasteiger partial charge in [-0.1, -0.05) is 58.4 Å². The molecule has 1 heterocycles. The molecule has 0 bridgehead atoms. The molecule has 1 fully saturated rings. The summed E-state index contributed by atoms with van der Waals surface area (Å²) in [6.07, 6.45) is 1.79. The van der Waals surface area contributed by atoms with Crippen LogP contribution in [-0.2, 0) is 11.4 Å². The number of amides is 1. The molecule has 4 aromatic rings. The average Bonchev–Trinajstić information content (AvgIpc) is 3.18. The van der Waals surface area contributed by atoms with Crippen molar-refractivity contribution in [3.05, 3.63) is 111 Å². The zero-order valence-electron chi connectivity index (χ0n) is 17.8. The van der Waals surface area contributed by atoms with Gasteiger partial charge in [0.2, 0.25) is 0 Å². The maximum absolute atomic E-state index is 13.1. The van der Waals surface area contributed by atoms with Gasteiger partial charge in [0.25, 0.3) is 5.91 Å². The van der Waals surface area contributed by atoms with Crippen molar-refractivity contribution in [2.75, 3.05) is 0 Å². The van der Waals surface area contributed by atoms with Gasteiger partial charge >= 0.3 is 0 Å². The zero-order chi connectivity index (χ0) is 23.5. The lowest BCUT2D eigenvalue weighted by atomic mass is 10.1. The summed E-state index contributed by atoms with van der Waals surface area (Å²) in [5.41, 5.74) is 2.42. The standard InChI is InChI=1S/C27H18BrFN2O2S/c28-20-8-13-24(33-16-18-6-3-5-17-4-1-2-7-23(17)18)19(14-20)15-25-26(32)31-27(34-25)30-22-11-9-21(29)10-12-22/h1-15H,16H2,(H,30,31,32)/b25-15+. The lowest BCUT2D eigenvalue weighted by Crippen LogP contribution is -2.19. The van der Waals surface area contributed by atoms with Crippen LogP contribution in [0.25, 0.3) is 16.8 Å². The van der Waals surface area contributed by atoms with E-state index in [1.807, 2.05) is 36.4 Å². The maximum atomic E-state index is 13.1. The number of aliphatic imine (C=N–C) groups is 1. The van der Waals surface area contributed by atoms with Crippen LogP contribution in [0.2, 0.25) is 0 Å². The monoisotopic (exact) mass is 532 g/mol. The number of hydrogen-bond donors (Lipinski definition) is 1. The first-order chi connectivity index (χ1) is 16.5. The van der Waals surface area contributed by atoms with Crippen molar-refractivity contribution < 1.29 is 13.9 Å². The van der Waals surface area contributed by atoms with Crippen molar-refractivity contribution in [2.45, 2.75) is 6.61 Å². The van der Waals surface area contributed by atoms with Crippen LogP contribution in [0.4, 0.5) is 10.1 Å². The number of nitrogens with one attached hydrogen (secondary N) is 1. The third-order valence-corrected chi connectivity index (χ3v) is 6.63. The van der Waals surface area contributed by atoms with Gasteiger partial charge in [-0.3, -0.25) is 4.79 Å². The molecule has 0 unspecified atom stereocenters. The summed E-state index contributed by atoms with van der Waals surface area (Å²) in [5, 5.41) is 5.51. The molecular formula is C27H18BrFN2O2S. The molecule has 0 spiro atoms. The molecule has 1 saturated heterocycles. The molecule has 168 valence electrons. The number of hydrogen-bond acceptors (Lipinski definition) is 4. The molecule has 1 amide bonds. The van der Waals surface area contributed by atoms with Crippen LogP contribution in [0.3, 0.4) is 0 Å². The number of benzene rings is 4. The Morgan fingerprint density at radius 1 is 1.00 bits per heavy atom. The van der Waals surface area contributed by atoms with Gasteiger partial charge in [-0.25, -0.2) is 9.38 Å². The first-order valence-corrected chi connectivity index (χ1v) is 12.1. The van der Waals surface area contributed by atoms with Crippen molar-refractivity contribution >= 4 is 61.3 Å². The molecule has 1 aliphatic rings. The third kappa shape index (κ3) is 5.05. The van der Waals surface area contributed by atoms with Crippen LogP contribution in [0.5, 0.6) is 5.75 Å². The molecular weight excluding hydrogens is 515 g/mol. The Morgan fingerprint density at radius 3 is 2.65 bits per heavy atom. The lowest BCUT2D eigenvalue weighted by Gasteiger charge is -2.12. The number of nitrogens with zero attached hydrogens (tertiary/aromatic N) is 1. The van der Waals surface area contributed by atoms with Crippen LogP contribution < -0.4 is 10.1 Å². The van der Waals surface area contributed by atoms with Gasteiger partial charge in [-0.2, -0.15) is 0 Å². The number of ether oxygens (including phenoxy) is 1. The Kier molecular flexibility index (Phi) is 6.47. The van der Waals surface area contributed by atoms with E-state index in [4.69, 9.17) is 4.74 Å². The first kappa shape index (κ1) is 22.4. The van der Waals surface area contributed by atoms with Gasteiger partial charge in [0.15, 0.2) is 5.17 Å². The second-order valence-corrected chi connectivity index (χ2v) is 9.51. The molecule has 34 heavy (non-hydrogen) atoms. The summed E-state index contributed by atoms with van der Waals surface area (Å²) in [5.74, 6) is 0.0881. The largest absolute Gasteiger partial charge is 0.488 e. The van der Waals surface area contributed by atoms with Crippen LogP contribution in [-0.4, -0.2) is 11.1 Å². The van der Waals surface area contributed by atoms with E-state index < -0.39 is 0 Å². The van der Waals surface area contributed by atoms with E-state index in [1.165, 1.54) is 23.9 Å². The highest BCUT2D eigenvalue weighted by molar-refractivity contribution is 9.10. The van der Waals surface area contributed by atoms with E-state index in [-0.39, 0.29) is 11.7 Å². The Balaban J connectivity index is 1.39. The van der Waals surface area contributed by atoms with Gasteiger partial charge in [-0.05, 0) is 76.6 Å². The molecule has 1 N–H and O–H groups in total. The van der Waals surface area contributed by atoms with E-state index in [0.29, 0.717) is 28.1 Å². The van der Waals surface area contributed by atoms with Crippen LogP contribution in [0, 0.1) is 5.82 Å². The van der Waals surface area contributed by atoms with Crippen molar-refractivity contribution in [2.24, 2.45) is 4.99 Å². The molecule has 0 atom stereocenters. The molecule has 4 aromatic carbocycles. The Labute approximate surface area is 208 Å². The number of carbonyl (C=O) groups is 1. The zero-order valence-corrected chi connectivity index (χ0v) is 20.2. The molecule has 0 radical (unpaired) electrons. The average molecular weight is 533 g/mol. The second-order valence-electron chi connectivity index (χ2n) is 7.57. The molecule has 5 rings (SSSR count). The number of fused-ring (bicyclic) bond motifs is 1. The Hall–Kier alpha value is -3.42. The van der Waals surface area contributed by atoms with Gasteiger partial charge in [0, 0.05) is 10.0 Å². The Morgan fingerprint density at radius 2 is 1.79 bits per heavy atom. The predicted molar refractivity (Wildman–Crippen MR) is 140 cm³/mol. The van der Waals surface area contributed by atoms with Crippen molar-refractivity contribution in [3.8, 4) is 5.75 Å². The van der Waals surface area contributed by atoms with Crippen molar-refractivity contribution in [1.29, 1.82) is 0 Å². The minimum absolute atomic E-state index is 0.245. The highest BCUT2D eigenvalue weighted by Crippen LogP contribution is 2.33. The van der Waals surface area contributed by atoms with Gasteiger partial charge in [0.05, 0.1) is 10.6 Å². The smallest absolute Gasteiger partial charge is 0.264 e. The molecule has 0 aliphatic carbocycles. The number of thioether (sulfide) groups is 1. The summed E-state index contributed by atoms with van der Waals surface area (Å²) in [6, 6.07) is 25.8. The SMILES string of the molecule is O=C1NC(=Nc2ccc(F)cc2)S/C1=C/c1cc(Br)ccc1OCc1cccc2ccccc12. The number of rotatable bonds is 5. The molecule has 0 saturated carbocycles. The van der Waals surface area contributed by atoms with Crippen molar-refractivity contribution in [1.82, 2.24) is 5.32 Å². The normalized spacial score (nSPS) is 15.8. The fraction of sp³-hybridized carbons (Fsp3) is 0.0370. The summed E-state index contributed by atoms with van der Waals surface area (Å²) in [4.78, 5) is 17.4. The van der Waals surface area contributed by atoms with Crippen LogP contribution >= 0.6 is 27.7 Å². The van der Waals surface area contributed by atoms with E-state index in [9.17, 15) is 9.18 Å². The minimum atomic E-state index is -0.335. The topological polar surface area (TPSA) is 50.7 Å². The summed E-state index contributed by atoms with van der Waals surface area (Å²) >= 11 is 4.73. The number of amidine groups is 1. The Bertz CT molecular complexity index is 1450. The van der Waals surface area contributed by atoms with E-state index >= 15 is 0 Å². The lowest BCUT2D eigenvalue weighted by molar-refractivity contribution is -0.115. The van der Waals surface area contributed by atoms with Crippen molar-refractivity contribution in [3.63, 3.8) is 0 Å². The fourth-order valence-electron chi connectivity index (χ4n) is 3.59. The van der Waals surface area contributed by atoms with Gasteiger partial charge in [0.1, 0.15) is 18.2 Å². The highest BCUT2D eigenvalue weighted by Gasteiger charge is 2.24. The second kappa shape index (κ2) is 9.83. The summed E-state index contributed by atoms with van der Waals surface area (Å²) in [6.45, 7) is 0.399. The van der Waals surface area contributed by atoms with Crippen LogP contribution in [0.15, 0.2) is 99.3 Å². The summed E-state index contributed by atoms with van der Waals surface area (Å²) < 4.78 is 20.2. The molecule has 4 nitrogen and oxygen atoms in total. The first-order valence-electron chi connectivity index (χ1n) is 10.5. The maximum Gasteiger partial charge on any atom is 0.264 e. The van der Waals surface area contributed by atoms with Gasteiger partial charge < -0.3 is 10.1 Å². The van der Waals surface area contributed by atoms with E-state index in [0.717, 1.165) is 26.4 Å². The quantitative estimate of drug-likeness (QED) is 0.276. The highest BCUT2D eigenvalue weighted by atomic mass is 79.9. The third-order valence-electron chi connectivity index (χ3n) is 5.23. The molecule has 0 aromatic heterocycles. The van der Waals surface area contributed by atoms with Crippen LogP contribution in [0.1, 0.15) is 11.1 Å². The molecule has 1 aliphatic heterocycles. The van der Waals surface area contributed by atoms with Gasteiger partial charge in [-0.15, -0.1) is 0 Å².